The van der Waals surface area contributed by atoms with Gasteiger partial charge in [-0.05, 0) is 56.6 Å². The molecule has 1 N–H and O–H groups in total. The van der Waals surface area contributed by atoms with Crippen molar-refractivity contribution in [2.45, 2.75) is 38.8 Å². The van der Waals surface area contributed by atoms with Crippen LogP contribution in [0.15, 0.2) is 24.3 Å². The van der Waals surface area contributed by atoms with Crippen molar-refractivity contribution in [2.75, 3.05) is 19.6 Å². The lowest BCUT2D eigenvalue weighted by atomic mass is 10.0. The molecule has 1 heterocycles. The quantitative estimate of drug-likeness (QED) is 0.907. The fourth-order valence-corrected chi connectivity index (χ4v) is 2.77. The van der Waals surface area contributed by atoms with E-state index in [1.54, 1.807) is 0 Å². The number of piperidine rings is 1. The lowest BCUT2D eigenvalue weighted by Crippen LogP contribution is -2.43. The summed E-state index contributed by atoms with van der Waals surface area (Å²) in [5, 5.41) is 12.3. The number of hydrogen-bond donors (Lipinski definition) is 1. The molecule has 0 unspecified atom stereocenters. The van der Waals surface area contributed by atoms with Crippen LogP contribution < -0.4 is 5.32 Å². The zero-order valence-corrected chi connectivity index (χ0v) is 13.0. The zero-order chi connectivity index (χ0) is 13.5. The van der Waals surface area contributed by atoms with Crippen molar-refractivity contribution in [3.8, 4) is 6.07 Å². The average molecular weight is 294 g/mol. The molecule has 1 saturated heterocycles. The van der Waals surface area contributed by atoms with Crippen LogP contribution in [0.5, 0.6) is 0 Å². The van der Waals surface area contributed by atoms with Crippen LogP contribution in [0.25, 0.3) is 0 Å². The van der Waals surface area contributed by atoms with Crippen LogP contribution in [0.2, 0.25) is 0 Å². The molecule has 0 amide bonds. The summed E-state index contributed by atoms with van der Waals surface area (Å²) in [6.07, 6.45) is 3.69. The topological polar surface area (TPSA) is 39.1 Å². The van der Waals surface area contributed by atoms with E-state index in [1.807, 2.05) is 12.1 Å². The molecule has 0 spiro atoms. The molecule has 110 valence electrons. The summed E-state index contributed by atoms with van der Waals surface area (Å²) >= 11 is 0. The average Bonchev–Trinajstić information content (AvgIpc) is 2.48. The smallest absolute Gasteiger partial charge is 0.0991 e. The summed E-state index contributed by atoms with van der Waals surface area (Å²) in [4.78, 5) is 2.60. The third-order valence-electron chi connectivity index (χ3n) is 3.80. The zero-order valence-electron chi connectivity index (χ0n) is 12.1. The third kappa shape index (κ3) is 4.79. The predicted octanol–water partition coefficient (Wildman–Crippen LogP) is 2.94. The summed E-state index contributed by atoms with van der Waals surface area (Å²) in [7, 11) is 0. The van der Waals surface area contributed by atoms with Crippen molar-refractivity contribution in [3.05, 3.63) is 35.4 Å². The molecular weight excluding hydrogens is 270 g/mol. The van der Waals surface area contributed by atoms with Gasteiger partial charge in [0.15, 0.2) is 0 Å². The van der Waals surface area contributed by atoms with E-state index >= 15 is 0 Å². The van der Waals surface area contributed by atoms with Crippen LogP contribution in [-0.2, 0) is 6.54 Å². The molecule has 0 aromatic heterocycles. The first-order valence-electron chi connectivity index (χ1n) is 7.27. The van der Waals surface area contributed by atoms with Crippen molar-refractivity contribution in [1.29, 1.82) is 5.26 Å². The highest BCUT2D eigenvalue weighted by atomic mass is 35.5. The van der Waals surface area contributed by atoms with E-state index < -0.39 is 0 Å². The van der Waals surface area contributed by atoms with E-state index in [-0.39, 0.29) is 12.4 Å². The minimum atomic E-state index is 0. The number of nitrogens with one attached hydrogen (secondary N) is 1. The number of nitrogens with zero attached hydrogens (tertiary/aromatic N) is 2. The van der Waals surface area contributed by atoms with Crippen molar-refractivity contribution >= 4 is 12.4 Å². The SMILES string of the molecule is CCCN(Cc1ccc(C#N)cc1)C1CCNCC1.Cl. The van der Waals surface area contributed by atoms with Crippen LogP contribution in [0.3, 0.4) is 0 Å². The molecule has 2 rings (SSSR count). The van der Waals surface area contributed by atoms with E-state index in [2.05, 4.69) is 35.3 Å². The fourth-order valence-electron chi connectivity index (χ4n) is 2.77. The molecule has 0 saturated carbocycles. The van der Waals surface area contributed by atoms with Crippen LogP contribution in [0.4, 0.5) is 0 Å². The Bertz CT molecular complexity index is 418. The van der Waals surface area contributed by atoms with Gasteiger partial charge in [0.05, 0.1) is 11.6 Å². The van der Waals surface area contributed by atoms with Gasteiger partial charge in [-0.3, -0.25) is 4.90 Å². The van der Waals surface area contributed by atoms with Gasteiger partial charge < -0.3 is 5.32 Å². The van der Waals surface area contributed by atoms with Gasteiger partial charge in [0.25, 0.3) is 0 Å². The molecule has 3 nitrogen and oxygen atoms in total. The maximum atomic E-state index is 8.83. The van der Waals surface area contributed by atoms with Gasteiger partial charge in [0, 0.05) is 12.6 Å². The Hall–Kier alpha value is -1.08. The fraction of sp³-hybridized carbons (Fsp3) is 0.562. The summed E-state index contributed by atoms with van der Waals surface area (Å²) in [5.74, 6) is 0. The minimum absolute atomic E-state index is 0. The number of halogens is 1. The van der Waals surface area contributed by atoms with E-state index in [1.165, 1.54) is 24.8 Å². The maximum Gasteiger partial charge on any atom is 0.0991 e. The highest BCUT2D eigenvalue weighted by Crippen LogP contribution is 2.16. The Kier molecular flexibility index (Phi) is 7.61. The highest BCUT2D eigenvalue weighted by molar-refractivity contribution is 5.85. The first-order chi connectivity index (χ1) is 9.33. The van der Waals surface area contributed by atoms with Gasteiger partial charge in [0.2, 0.25) is 0 Å². The maximum absolute atomic E-state index is 8.83. The van der Waals surface area contributed by atoms with Gasteiger partial charge in [-0.1, -0.05) is 19.1 Å². The Morgan fingerprint density at radius 1 is 1.25 bits per heavy atom. The van der Waals surface area contributed by atoms with E-state index in [9.17, 15) is 0 Å². The Morgan fingerprint density at radius 2 is 1.90 bits per heavy atom. The second-order valence-corrected chi connectivity index (χ2v) is 5.26. The van der Waals surface area contributed by atoms with Crippen LogP contribution in [0.1, 0.15) is 37.3 Å². The first kappa shape index (κ1) is 17.0. The second kappa shape index (κ2) is 8.97. The van der Waals surface area contributed by atoms with E-state index in [0.717, 1.165) is 31.7 Å². The number of benzene rings is 1. The second-order valence-electron chi connectivity index (χ2n) is 5.26. The normalized spacial score (nSPS) is 15.7. The molecule has 1 fully saturated rings. The molecule has 1 aliphatic rings. The lowest BCUT2D eigenvalue weighted by Gasteiger charge is -2.34. The number of rotatable bonds is 5. The molecular formula is C16H24ClN3. The largest absolute Gasteiger partial charge is 0.317 e. The first-order valence-corrected chi connectivity index (χ1v) is 7.27. The Labute approximate surface area is 128 Å². The molecule has 0 aliphatic carbocycles. The van der Waals surface area contributed by atoms with Crippen LogP contribution >= 0.6 is 12.4 Å². The molecule has 1 aromatic carbocycles. The number of hydrogen-bond acceptors (Lipinski definition) is 3. The molecule has 0 radical (unpaired) electrons. The van der Waals surface area contributed by atoms with Crippen LogP contribution in [0, 0.1) is 11.3 Å². The Balaban J connectivity index is 0.00000200. The predicted molar refractivity (Wildman–Crippen MR) is 85.0 cm³/mol. The van der Waals surface area contributed by atoms with Gasteiger partial charge in [-0.2, -0.15) is 5.26 Å². The van der Waals surface area contributed by atoms with Crippen molar-refractivity contribution in [2.24, 2.45) is 0 Å². The summed E-state index contributed by atoms with van der Waals surface area (Å²) < 4.78 is 0. The van der Waals surface area contributed by atoms with Crippen molar-refractivity contribution in [3.63, 3.8) is 0 Å². The van der Waals surface area contributed by atoms with Gasteiger partial charge in [-0.25, -0.2) is 0 Å². The summed E-state index contributed by atoms with van der Waals surface area (Å²) in [6, 6.07) is 10.9. The highest BCUT2D eigenvalue weighted by Gasteiger charge is 2.20. The molecule has 4 heteroatoms. The number of nitriles is 1. The molecule has 1 aromatic rings. The van der Waals surface area contributed by atoms with E-state index in [4.69, 9.17) is 5.26 Å². The lowest BCUT2D eigenvalue weighted by molar-refractivity contribution is 0.154. The monoisotopic (exact) mass is 293 g/mol. The Morgan fingerprint density at radius 3 is 2.45 bits per heavy atom. The minimum Gasteiger partial charge on any atom is -0.317 e. The molecule has 1 aliphatic heterocycles. The van der Waals surface area contributed by atoms with Crippen molar-refractivity contribution < 1.29 is 0 Å². The summed E-state index contributed by atoms with van der Waals surface area (Å²) in [6.45, 7) is 6.68. The molecule has 0 atom stereocenters. The van der Waals surface area contributed by atoms with E-state index in [0.29, 0.717) is 6.04 Å². The van der Waals surface area contributed by atoms with Gasteiger partial charge in [0.1, 0.15) is 0 Å². The third-order valence-corrected chi connectivity index (χ3v) is 3.80. The standard InChI is InChI=1S/C16H23N3.ClH/c1-2-11-19(16-7-9-18-10-8-16)13-15-5-3-14(12-17)4-6-15;/h3-6,16,18H,2,7-11,13H2,1H3;1H. The van der Waals surface area contributed by atoms with Crippen LogP contribution in [-0.4, -0.2) is 30.6 Å². The van der Waals surface area contributed by atoms with Crippen molar-refractivity contribution in [1.82, 2.24) is 10.2 Å². The van der Waals surface area contributed by atoms with Gasteiger partial charge in [-0.15, -0.1) is 12.4 Å². The van der Waals surface area contributed by atoms with Gasteiger partial charge >= 0.3 is 0 Å². The molecule has 20 heavy (non-hydrogen) atoms. The molecule has 0 bridgehead atoms. The summed E-state index contributed by atoms with van der Waals surface area (Å²) in [5.41, 5.74) is 2.05.